The SMILES string of the molecule is CCNCc1cncc(Oc2cc(F)c(Cl)cc2Br)c1. The monoisotopic (exact) mass is 358 g/mol. The first-order chi connectivity index (χ1) is 9.60. The van der Waals surface area contributed by atoms with Gasteiger partial charge in [0.15, 0.2) is 0 Å². The molecule has 0 fully saturated rings. The summed E-state index contributed by atoms with van der Waals surface area (Å²) in [6, 6.07) is 4.56. The van der Waals surface area contributed by atoms with E-state index < -0.39 is 5.82 Å². The first-order valence-electron chi connectivity index (χ1n) is 6.07. The molecular weight excluding hydrogens is 347 g/mol. The molecule has 0 aliphatic heterocycles. The van der Waals surface area contributed by atoms with Crippen molar-refractivity contribution in [1.29, 1.82) is 0 Å². The number of benzene rings is 1. The number of nitrogens with one attached hydrogen (secondary N) is 1. The van der Waals surface area contributed by atoms with Crippen LogP contribution < -0.4 is 10.1 Å². The van der Waals surface area contributed by atoms with E-state index in [1.807, 2.05) is 13.0 Å². The lowest BCUT2D eigenvalue weighted by molar-refractivity contribution is 0.470. The second-order valence-electron chi connectivity index (χ2n) is 4.11. The molecular formula is C14H13BrClFN2O. The molecule has 6 heteroatoms. The van der Waals surface area contributed by atoms with Crippen molar-refractivity contribution < 1.29 is 9.13 Å². The van der Waals surface area contributed by atoms with Gasteiger partial charge in [0.2, 0.25) is 0 Å². The highest BCUT2D eigenvalue weighted by Gasteiger charge is 2.09. The molecule has 1 aromatic carbocycles. The smallest absolute Gasteiger partial charge is 0.146 e. The average Bonchev–Trinajstić information content (AvgIpc) is 2.43. The predicted octanol–water partition coefficient (Wildman–Crippen LogP) is 4.54. The van der Waals surface area contributed by atoms with Crippen LogP contribution in [0.2, 0.25) is 5.02 Å². The van der Waals surface area contributed by atoms with Gasteiger partial charge in [0, 0.05) is 18.8 Å². The number of halogens is 3. The van der Waals surface area contributed by atoms with Crippen molar-refractivity contribution in [2.75, 3.05) is 6.54 Å². The van der Waals surface area contributed by atoms with Crippen molar-refractivity contribution in [3.63, 3.8) is 0 Å². The van der Waals surface area contributed by atoms with Crippen LogP contribution in [-0.2, 0) is 6.54 Å². The van der Waals surface area contributed by atoms with Gasteiger partial charge in [0.1, 0.15) is 17.3 Å². The Bertz CT molecular complexity index is 610. The van der Waals surface area contributed by atoms with E-state index in [2.05, 4.69) is 26.2 Å². The molecule has 106 valence electrons. The van der Waals surface area contributed by atoms with Gasteiger partial charge >= 0.3 is 0 Å². The van der Waals surface area contributed by atoms with Gasteiger partial charge in [-0.05, 0) is 40.2 Å². The Kier molecular flexibility index (Phi) is 5.34. The Balaban J connectivity index is 2.19. The molecule has 0 bridgehead atoms. The summed E-state index contributed by atoms with van der Waals surface area (Å²) in [4.78, 5) is 4.10. The molecule has 0 spiro atoms. The summed E-state index contributed by atoms with van der Waals surface area (Å²) in [6.45, 7) is 3.61. The van der Waals surface area contributed by atoms with Gasteiger partial charge < -0.3 is 10.1 Å². The fourth-order valence-electron chi connectivity index (χ4n) is 1.60. The molecule has 3 nitrogen and oxygen atoms in total. The van der Waals surface area contributed by atoms with Crippen LogP contribution in [0.15, 0.2) is 35.1 Å². The maximum Gasteiger partial charge on any atom is 0.146 e. The predicted molar refractivity (Wildman–Crippen MR) is 80.8 cm³/mol. The van der Waals surface area contributed by atoms with Crippen molar-refractivity contribution in [2.45, 2.75) is 13.5 Å². The van der Waals surface area contributed by atoms with E-state index in [0.717, 1.165) is 12.1 Å². The zero-order valence-electron chi connectivity index (χ0n) is 10.8. The summed E-state index contributed by atoms with van der Waals surface area (Å²) in [5.74, 6) is 0.374. The Labute approximate surface area is 130 Å². The first kappa shape index (κ1) is 15.2. The number of rotatable bonds is 5. The fraction of sp³-hybridized carbons (Fsp3) is 0.214. The maximum atomic E-state index is 13.4. The van der Waals surface area contributed by atoms with E-state index in [4.69, 9.17) is 16.3 Å². The van der Waals surface area contributed by atoms with Crippen LogP contribution in [0.4, 0.5) is 4.39 Å². The molecule has 0 unspecified atom stereocenters. The lowest BCUT2D eigenvalue weighted by atomic mass is 10.2. The molecule has 0 radical (unpaired) electrons. The van der Waals surface area contributed by atoms with E-state index >= 15 is 0 Å². The summed E-state index contributed by atoms with van der Waals surface area (Å²) >= 11 is 8.98. The minimum Gasteiger partial charge on any atom is -0.454 e. The number of ether oxygens (including phenoxy) is 1. The molecule has 1 N–H and O–H groups in total. The number of hydrogen-bond donors (Lipinski definition) is 1. The Hall–Kier alpha value is -1.17. The molecule has 1 heterocycles. The average molecular weight is 360 g/mol. The molecule has 0 atom stereocenters. The topological polar surface area (TPSA) is 34.2 Å². The van der Waals surface area contributed by atoms with Gasteiger partial charge in [0.25, 0.3) is 0 Å². The fourth-order valence-corrected chi connectivity index (χ4v) is 2.31. The van der Waals surface area contributed by atoms with E-state index in [-0.39, 0.29) is 5.02 Å². The largest absolute Gasteiger partial charge is 0.454 e. The number of pyridine rings is 1. The van der Waals surface area contributed by atoms with E-state index in [1.165, 1.54) is 12.1 Å². The Morgan fingerprint density at radius 2 is 2.15 bits per heavy atom. The molecule has 20 heavy (non-hydrogen) atoms. The third-order valence-corrected chi connectivity index (χ3v) is 3.46. The van der Waals surface area contributed by atoms with Crippen LogP contribution in [0.3, 0.4) is 0 Å². The lowest BCUT2D eigenvalue weighted by Gasteiger charge is -2.09. The summed E-state index contributed by atoms with van der Waals surface area (Å²) in [7, 11) is 0. The van der Waals surface area contributed by atoms with Crippen LogP contribution in [0, 0.1) is 5.82 Å². The summed E-state index contributed by atoms with van der Waals surface area (Å²) < 4.78 is 19.7. The van der Waals surface area contributed by atoms with Crippen molar-refractivity contribution in [1.82, 2.24) is 10.3 Å². The number of aromatic nitrogens is 1. The van der Waals surface area contributed by atoms with Gasteiger partial charge in [-0.1, -0.05) is 18.5 Å². The first-order valence-corrected chi connectivity index (χ1v) is 7.24. The number of nitrogens with zero attached hydrogens (tertiary/aromatic N) is 1. The van der Waals surface area contributed by atoms with Crippen molar-refractivity contribution in [3.05, 3.63) is 51.5 Å². The van der Waals surface area contributed by atoms with Crippen molar-refractivity contribution in [2.24, 2.45) is 0 Å². The zero-order valence-corrected chi connectivity index (χ0v) is 13.1. The van der Waals surface area contributed by atoms with Crippen molar-refractivity contribution >= 4 is 27.5 Å². The molecule has 0 saturated heterocycles. The molecule has 0 aliphatic rings. The van der Waals surface area contributed by atoms with Gasteiger partial charge in [-0.2, -0.15) is 0 Å². The highest BCUT2D eigenvalue weighted by molar-refractivity contribution is 9.10. The van der Waals surface area contributed by atoms with Crippen LogP contribution >= 0.6 is 27.5 Å². The second kappa shape index (κ2) is 7.02. The third kappa shape index (κ3) is 3.91. The minimum atomic E-state index is -0.526. The van der Waals surface area contributed by atoms with Crippen LogP contribution in [0.1, 0.15) is 12.5 Å². The summed E-state index contributed by atoms with van der Waals surface area (Å²) in [6.07, 6.45) is 3.33. The van der Waals surface area contributed by atoms with Crippen LogP contribution in [0.5, 0.6) is 11.5 Å². The molecule has 2 aromatic rings. The highest BCUT2D eigenvalue weighted by atomic mass is 79.9. The van der Waals surface area contributed by atoms with Gasteiger partial charge in [-0.15, -0.1) is 0 Å². The van der Waals surface area contributed by atoms with Gasteiger partial charge in [-0.25, -0.2) is 4.39 Å². The summed E-state index contributed by atoms with van der Waals surface area (Å²) in [5.41, 5.74) is 0.995. The van der Waals surface area contributed by atoms with E-state index in [9.17, 15) is 4.39 Å². The Morgan fingerprint density at radius 1 is 1.35 bits per heavy atom. The van der Waals surface area contributed by atoms with Gasteiger partial charge in [0.05, 0.1) is 15.7 Å². The Morgan fingerprint density at radius 3 is 2.90 bits per heavy atom. The zero-order chi connectivity index (χ0) is 14.5. The highest BCUT2D eigenvalue weighted by Crippen LogP contribution is 2.33. The maximum absolute atomic E-state index is 13.4. The molecule has 1 aromatic heterocycles. The standard InChI is InChI=1S/C14H13BrClFN2O/c1-2-18-6-9-3-10(8-19-7-9)20-14-5-13(17)12(16)4-11(14)15/h3-5,7-8,18H,2,6H2,1H3. The van der Waals surface area contributed by atoms with Crippen molar-refractivity contribution in [3.8, 4) is 11.5 Å². The van der Waals surface area contributed by atoms with Crippen LogP contribution in [0.25, 0.3) is 0 Å². The molecule has 2 rings (SSSR count). The van der Waals surface area contributed by atoms with Crippen LogP contribution in [-0.4, -0.2) is 11.5 Å². The normalized spacial score (nSPS) is 10.6. The number of hydrogen-bond acceptors (Lipinski definition) is 3. The van der Waals surface area contributed by atoms with E-state index in [0.29, 0.717) is 22.5 Å². The van der Waals surface area contributed by atoms with E-state index in [1.54, 1.807) is 12.4 Å². The molecule has 0 aliphatic carbocycles. The molecule has 0 amide bonds. The third-order valence-electron chi connectivity index (χ3n) is 2.55. The van der Waals surface area contributed by atoms with Gasteiger partial charge in [-0.3, -0.25) is 4.98 Å². The quantitative estimate of drug-likeness (QED) is 0.796. The lowest BCUT2D eigenvalue weighted by Crippen LogP contribution is -2.11. The summed E-state index contributed by atoms with van der Waals surface area (Å²) in [5, 5.41) is 3.25. The molecule has 0 saturated carbocycles. The second-order valence-corrected chi connectivity index (χ2v) is 5.37. The minimum absolute atomic E-state index is 0.0447.